The SMILES string of the molecule is CN(c1ccc(O)cc1)S(=O)(=O)CC(C)(C)C. The Morgan fingerprint density at radius 2 is 1.65 bits per heavy atom. The number of hydrogen-bond donors (Lipinski definition) is 1. The summed E-state index contributed by atoms with van der Waals surface area (Å²) in [4.78, 5) is 0. The molecule has 1 aromatic rings. The Balaban J connectivity index is 2.97. The number of aromatic hydroxyl groups is 1. The lowest BCUT2D eigenvalue weighted by molar-refractivity contribution is 0.461. The summed E-state index contributed by atoms with van der Waals surface area (Å²) < 4.78 is 25.4. The lowest BCUT2D eigenvalue weighted by atomic mass is 10.0. The highest BCUT2D eigenvalue weighted by Crippen LogP contribution is 2.23. The van der Waals surface area contributed by atoms with Crippen LogP contribution in [0.15, 0.2) is 24.3 Å². The van der Waals surface area contributed by atoms with E-state index in [4.69, 9.17) is 5.11 Å². The number of nitrogens with zero attached hydrogens (tertiary/aromatic N) is 1. The molecule has 0 saturated carbocycles. The van der Waals surface area contributed by atoms with Crippen molar-refractivity contribution in [2.24, 2.45) is 5.41 Å². The summed E-state index contributed by atoms with van der Waals surface area (Å²) in [6, 6.07) is 6.10. The first-order chi connectivity index (χ1) is 7.62. The van der Waals surface area contributed by atoms with Crippen molar-refractivity contribution in [1.82, 2.24) is 0 Å². The molecule has 1 N–H and O–H groups in total. The fourth-order valence-corrected chi connectivity index (χ4v) is 3.20. The first-order valence-electron chi connectivity index (χ1n) is 5.37. The number of phenolic OH excluding ortho intramolecular Hbond substituents is 1. The van der Waals surface area contributed by atoms with Crippen LogP contribution in [0.1, 0.15) is 20.8 Å². The zero-order chi connectivity index (χ0) is 13.3. The van der Waals surface area contributed by atoms with Crippen molar-refractivity contribution < 1.29 is 13.5 Å². The number of sulfonamides is 1. The van der Waals surface area contributed by atoms with Gasteiger partial charge in [-0.2, -0.15) is 0 Å². The number of benzene rings is 1. The van der Waals surface area contributed by atoms with E-state index >= 15 is 0 Å². The first-order valence-corrected chi connectivity index (χ1v) is 6.98. The van der Waals surface area contributed by atoms with Crippen LogP contribution in [0.4, 0.5) is 5.69 Å². The molecule has 0 bridgehead atoms. The van der Waals surface area contributed by atoms with E-state index in [-0.39, 0.29) is 16.9 Å². The molecule has 0 aliphatic rings. The number of anilines is 1. The third-order valence-electron chi connectivity index (χ3n) is 2.25. The zero-order valence-corrected chi connectivity index (χ0v) is 11.5. The highest BCUT2D eigenvalue weighted by molar-refractivity contribution is 7.92. The molecule has 1 rings (SSSR count). The summed E-state index contributed by atoms with van der Waals surface area (Å²) in [5, 5.41) is 9.16. The van der Waals surface area contributed by atoms with E-state index in [2.05, 4.69) is 0 Å². The van der Waals surface area contributed by atoms with E-state index < -0.39 is 10.0 Å². The standard InChI is InChI=1S/C12H19NO3S/c1-12(2,3)9-17(15,16)13(4)10-5-7-11(14)8-6-10/h5-8,14H,9H2,1-4H3. The van der Waals surface area contributed by atoms with Gasteiger partial charge >= 0.3 is 0 Å². The predicted octanol–water partition coefficient (Wildman–Crippen LogP) is 2.20. The van der Waals surface area contributed by atoms with Crippen LogP contribution in [0, 0.1) is 5.41 Å². The molecular weight excluding hydrogens is 238 g/mol. The average Bonchev–Trinajstić information content (AvgIpc) is 2.14. The summed E-state index contributed by atoms with van der Waals surface area (Å²) in [5.41, 5.74) is 0.261. The van der Waals surface area contributed by atoms with E-state index in [0.29, 0.717) is 5.69 Å². The minimum absolute atomic E-state index is 0.0807. The molecule has 0 unspecified atom stereocenters. The second-order valence-electron chi connectivity index (χ2n) is 5.30. The Hall–Kier alpha value is -1.23. The normalized spacial score (nSPS) is 12.5. The molecule has 0 aromatic heterocycles. The summed E-state index contributed by atoms with van der Waals surface area (Å²) in [6.45, 7) is 5.65. The van der Waals surface area contributed by atoms with Gasteiger partial charge in [0.15, 0.2) is 0 Å². The van der Waals surface area contributed by atoms with Gasteiger partial charge in [-0.25, -0.2) is 8.42 Å². The van der Waals surface area contributed by atoms with Gasteiger partial charge < -0.3 is 5.11 Å². The monoisotopic (exact) mass is 257 g/mol. The molecule has 5 heteroatoms. The van der Waals surface area contributed by atoms with Crippen LogP contribution in [-0.2, 0) is 10.0 Å². The number of hydrogen-bond acceptors (Lipinski definition) is 3. The third-order valence-corrected chi connectivity index (χ3v) is 4.52. The average molecular weight is 257 g/mol. The molecule has 4 nitrogen and oxygen atoms in total. The van der Waals surface area contributed by atoms with E-state index in [1.54, 1.807) is 12.1 Å². The number of rotatable bonds is 3. The second kappa shape index (κ2) is 4.56. The fourth-order valence-electron chi connectivity index (χ4n) is 1.47. The Morgan fingerprint density at radius 1 is 1.18 bits per heavy atom. The van der Waals surface area contributed by atoms with E-state index in [1.807, 2.05) is 20.8 Å². The van der Waals surface area contributed by atoms with Gasteiger partial charge in [0.1, 0.15) is 5.75 Å². The molecule has 0 fully saturated rings. The van der Waals surface area contributed by atoms with E-state index in [1.165, 1.54) is 23.5 Å². The molecule has 0 aliphatic carbocycles. The third kappa shape index (κ3) is 3.93. The largest absolute Gasteiger partial charge is 0.508 e. The summed E-state index contributed by atoms with van der Waals surface area (Å²) >= 11 is 0. The molecule has 96 valence electrons. The van der Waals surface area contributed by atoms with Crippen LogP contribution >= 0.6 is 0 Å². The maximum Gasteiger partial charge on any atom is 0.235 e. The zero-order valence-electron chi connectivity index (χ0n) is 10.6. The van der Waals surface area contributed by atoms with Crippen LogP contribution in [0.25, 0.3) is 0 Å². The van der Waals surface area contributed by atoms with Crippen LogP contribution < -0.4 is 4.31 Å². The molecule has 0 heterocycles. The van der Waals surface area contributed by atoms with Crippen molar-refractivity contribution in [2.75, 3.05) is 17.1 Å². The highest BCUT2D eigenvalue weighted by Gasteiger charge is 2.25. The fraction of sp³-hybridized carbons (Fsp3) is 0.500. The van der Waals surface area contributed by atoms with Crippen LogP contribution in [0.5, 0.6) is 5.75 Å². The van der Waals surface area contributed by atoms with Gasteiger partial charge in [0, 0.05) is 7.05 Å². The summed E-state index contributed by atoms with van der Waals surface area (Å²) in [7, 11) is -1.81. The van der Waals surface area contributed by atoms with E-state index in [0.717, 1.165) is 0 Å². The van der Waals surface area contributed by atoms with Gasteiger partial charge in [0.05, 0.1) is 11.4 Å². The Kier molecular flexibility index (Phi) is 3.71. The lowest BCUT2D eigenvalue weighted by Gasteiger charge is -2.25. The lowest BCUT2D eigenvalue weighted by Crippen LogP contribution is -2.34. The Bertz CT molecular complexity index is 471. The maximum absolute atomic E-state index is 12.1. The molecule has 0 aliphatic heterocycles. The van der Waals surface area contributed by atoms with E-state index in [9.17, 15) is 8.42 Å². The van der Waals surface area contributed by atoms with Gasteiger partial charge in [-0.15, -0.1) is 0 Å². The minimum atomic E-state index is -3.33. The minimum Gasteiger partial charge on any atom is -0.508 e. The molecule has 17 heavy (non-hydrogen) atoms. The van der Waals surface area contributed by atoms with Crippen molar-refractivity contribution in [1.29, 1.82) is 0 Å². The van der Waals surface area contributed by atoms with Crippen molar-refractivity contribution >= 4 is 15.7 Å². The van der Waals surface area contributed by atoms with Crippen LogP contribution in [0.2, 0.25) is 0 Å². The molecule has 0 saturated heterocycles. The van der Waals surface area contributed by atoms with Crippen LogP contribution in [-0.4, -0.2) is 26.3 Å². The topological polar surface area (TPSA) is 57.6 Å². The molecular formula is C12H19NO3S. The molecule has 0 radical (unpaired) electrons. The van der Waals surface area contributed by atoms with Gasteiger partial charge in [-0.3, -0.25) is 4.31 Å². The molecule has 1 aromatic carbocycles. The van der Waals surface area contributed by atoms with Crippen molar-refractivity contribution in [3.63, 3.8) is 0 Å². The van der Waals surface area contributed by atoms with Crippen molar-refractivity contribution in [2.45, 2.75) is 20.8 Å². The molecule has 0 atom stereocenters. The maximum atomic E-state index is 12.1. The highest BCUT2D eigenvalue weighted by atomic mass is 32.2. The van der Waals surface area contributed by atoms with Gasteiger partial charge in [0.25, 0.3) is 0 Å². The second-order valence-corrected chi connectivity index (χ2v) is 7.30. The quantitative estimate of drug-likeness (QED) is 0.903. The summed E-state index contributed by atoms with van der Waals surface area (Å²) in [6.07, 6.45) is 0. The predicted molar refractivity (Wildman–Crippen MR) is 69.8 cm³/mol. The smallest absolute Gasteiger partial charge is 0.235 e. The molecule has 0 amide bonds. The number of phenols is 1. The van der Waals surface area contributed by atoms with Gasteiger partial charge in [-0.05, 0) is 29.7 Å². The molecule has 0 spiro atoms. The van der Waals surface area contributed by atoms with Gasteiger partial charge in [0.2, 0.25) is 10.0 Å². The Labute approximate surface area is 103 Å². The van der Waals surface area contributed by atoms with Crippen molar-refractivity contribution in [3.05, 3.63) is 24.3 Å². The first kappa shape index (κ1) is 13.8. The van der Waals surface area contributed by atoms with Crippen LogP contribution in [0.3, 0.4) is 0 Å². The Morgan fingerprint density at radius 3 is 2.06 bits per heavy atom. The van der Waals surface area contributed by atoms with Crippen molar-refractivity contribution in [3.8, 4) is 5.75 Å². The summed E-state index contributed by atoms with van der Waals surface area (Å²) in [5.74, 6) is 0.201. The van der Waals surface area contributed by atoms with Gasteiger partial charge in [-0.1, -0.05) is 20.8 Å².